The highest BCUT2D eigenvalue weighted by atomic mass is 19.1. The van der Waals surface area contributed by atoms with Crippen molar-refractivity contribution in [3.63, 3.8) is 0 Å². The first-order chi connectivity index (χ1) is 22.3. The number of fused-ring (bicyclic) bond motifs is 6. The van der Waals surface area contributed by atoms with Gasteiger partial charge in [-0.1, -0.05) is 18.9 Å². The van der Waals surface area contributed by atoms with Crippen LogP contribution in [-0.4, -0.2) is 100.0 Å². The molecule has 250 valence electrons. The maximum Gasteiger partial charge on any atom is 0.320 e. The predicted octanol–water partition coefficient (Wildman–Crippen LogP) is 4.80. The Balaban J connectivity index is 0.935. The van der Waals surface area contributed by atoms with Crippen LogP contribution < -0.4 is 10.6 Å². The predicted molar refractivity (Wildman–Crippen MR) is 176 cm³/mol. The van der Waals surface area contributed by atoms with Crippen LogP contribution in [0.15, 0.2) is 18.2 Å². The van der Waals surface area contributed by atoms with Crippen molar-refractivity contribution in [1.29, 1.82) is 0 Å². The number of rotatable bonds is 6. The van der Waals surface area contributed by atoms with E-state index in [9.17, 15) is 19.4 Å². The third-order valence-electron chi connectivity index (χ3n) is 12.9. The summed E-state index contributed by atoms with van der Waals surface area (Å²) in [5, 5.41) is 23.2. The van der Waals surface area contributed by atoms with Gasteiger partial charge in [0, 0.05) is 93.6 Å². The molecule has 4 fully saturated rings. The first kappa shape index (κ1) is 30.4. The molecule has 46 heavy (non-hydrogen) atoms. The molecule has 10 heteroatoms. The van der Waals surface area contributed by atoms with Crippen molar-refractivity contribution in [2.45, 2.75) is 101 Å². The monoisotopic (exact) mass is 634 g/mol. The largest absolute Gasteiger partial charge is 0.494 e. The molecule has 6 unspecified atom stereocenters. The lowest BCUT2D eigenvalue weighted by Gasteiger charge is -2.41. The minimum absolute atomic E-state index is 0.0309. The average Bonchev–Trinajstić information content (AvgIpc) is 3.89. The Labute approximate surface area is 272 Å². The van der Waals surface area contributed by atoms with Crippen LogP contribution in [0.1, 0.15) is 86.3 Å². The minimum atomic E-state index is -0.256. The number of likely N-dealkylation sites (tertiary alicyclic amines) is 2. The lowest BCUT2D eigenvalue weighted by atomic mass is 9.78. The highest BCUT2D eigenvalue weighted by molar-refractivity contribution is 5.75. The number of hydrogen-bond donors (Lipinski definition) is 3. The highest BCUT2D eigenvalue weighted by Crippen LogP contribution is 2.60. The van der Waals surface area contributed by atoms with Gasteiger partial charge in [-0.2, -0.15) is 0 Å². The molecular weight excluding hydrogens is 583 g/mol. The van der Waals surface area contributed by atoms with Crippen LogP contribution in [0, 0.1) is 17.7 Å². The van der Waals surface area contributed by atoms with Crippen molar-refractivity contribution in [3.8, 4) is 11.8 Å². The van der Waals surface area contributed by atoms with Crippen LogP contribution in [0.25, 0.3) is 0 Å². The number of urea groups is 1. The molecule has 4 N–H and O–H groups in total. The van der Waals surface area contributed by atoms with Crippen molar-refractivity contribution in [1.82, 2.24) is 19.3 Å². The molecule has 3 aliphatic carbocycles. The van der Waals surface area contributed by atoms with Crippen molar-refractivity contribution in [2.75, 3.05) is 51.2 Å². The Morgan fingerprint density at radius 3 is 2.30 bits per heavy atom. The number of likely N-dealkylation sites (N-methyl/N-ethyl adjacent to an activating group) is 1. The minimum Gasteiger partial charge on any atom is -0.494 e. The first-order valence-electron chi connectivity index (χ1n) is 18.0. The van der Waals surface area contributed by atoms with E-state index in [1.54, 1.807) is 16.7 Å². The Hall–Kier alpha value is -2.98. The summed E-state index contributed by atoms with van der Waals surface area (Å²) >= 11 is 0. The Bertz CT molecular complexity index is 1470. The van der Waals surface area contributed by atoms with E-state index in [0.29, 0.717) is 24.4 Å². The van der Waals surface area contributed by atoms with E-state index >= 15 is 0 Å². The molecular formula is C36H51FN6O3. The third-order valence-corrected chi connectivity index (χ3v) is 12.9. The zero-order chi connectivity index (χ0) is 31.7. The lowest BCUT2D eigenvalue weighted by Crippen LogP contribution is -2.53. The second kappa shape index (κ2) is 11.9. The quantitative estimate of drug-likeness (QED) is 0.422. The van der Waals surface area contributed by atoms with Crippen molar-refractivity contribution in [3.05, 3.63) is 40.7 Å². The van der Waals surface area contributed by atoms with E-state index in [0.717, 1.165) is 101 Å². The Morgan fingerprint density at radius 1 is 0.913 bits per heavy atom. The zero-order valence-electron chi connectivity index (χ0n) is 27.3. The summed E-state index contributed by atoms with van der Waals surface area (Å²) in [5.41, 5.74) is 10.8. The fourth-order valence-electron chi connectivity index (χ4n) is 10.5. The highest BCUT2D eigenvalue weighted by Gasteiger charge is 2.56. The lowest BCUT2D eigenvalue weighted by molar-refractivity contribution is 0.116. The number of piperidine rings is 1. The Morgan fingerprint density at radius 2 is 1.59 bits per heavy atom. The fourth-order valence-corrected chi connectivity index (χ4v) is 10.5. The number of aromatic hydroxyl groups is 2. The average molecular weight is 635 g/mol. The van der Waals surface area contributed by atoms with Crippen LogP contribution in [0.5, 0.6) is 11.8 Å². The Kier molecular flexibility index (Phi) is 7.87. The van der Waals surface area contributed by atoms with E-state index < -0.39 is 0 Å². The van der Waals surface area contributed by atoms with Crippen LogP contribution in [0.2, 0.25) is 0 Å². The number of amides is 2. The number of hydrogen-bond acceptors (Lipinski definition) is 6. The van der Waals surface area contributed by atoms with Crippen LogP contribution >= 0.6 is 0 Å². The fraction of sp³-hybridized carbons (Fsp3) is 0.694. The van der Waals surface area contributed by atoms with Crippen molar-refractivity contribution >= 4 is 11.7 Å². The van der Waals surface area contributed by atoms with Crippen LogP contribution in [0.4, 0.5) is 14.9 Å². The van der Waals surface area contributed by atoms with E-state index in [1.165, 1.54) is 24.8 Å². The van der Waals surface area contributed by atoms with Gasteiger partial charge in [-0.05, 0) is 80.9 Å². The smallest absolute Gasteiger partial charge is 0.320 e. The molecule has 2 aromatic rings. The van der Waals surface area contributed by atoms with Gasteiger partial charge in [0.05, 0.1) is 6.04 Å². The van der Waals surface area contributed by atoms with Gasteiger partial charge in [-0.25, -0.2) is 9.18 Å². The summed E-state index contributed by atoms with van der Waals surface area (Å²) < 4.78 is 15.8. The van der Waals surface area contributed by atoms with Gasteiger partial charge in [0.15, 0.2) is 11.8 Å². The molecule has 6 atom stereocenters. The summed E-state index contributed by atoms with van der Waals surface area (Å²) in [6, 6.07) is 5.31. The van der Waals surface area contributed by atoms with Gasteiger partial charge in [0.2, 0.25) is 0 Å². The second-order valence-electron chi connectivity index (χ2n) is 15.2. The van der Waals surface area contributed by atoms with Crippen molar-refractivity contribution < 1.29 is 19.4 Å². The molecule has 0 spiro atoms. The number of halogens is 1. The topological polar surface area (TPSA) is 101 Å². The number of nitrogens with zero attached hydrogens (tertiary/aromatic N) is 5. The molecule has 8 rings (SSSR count). The van der Waals surface area contributed by atoms with Crippen LogP contribution in [0.3, 0.4) is 0 Å². The van der Waals surface area contributed by atoms with Gasteiger partial charge in [0.1, 0.15) is 5.82 Å². The molecule has 1 aromatic carbocycles. The third kappa shape index (κ3) is 4.97. The standard InChI is InChI=1S/C36H51FN6O3/c1-39(36(46)41-13-4-5-14-41)33-28-19-27(32(33)38)30-31(28)35(45)43(34(30)44)21-24-7-3-2-6-23(24)20-40-15-11-26(12-16-40)42-17-10-22-8-9-25(37)18-29(22)42/h8-9,18,23-24,26-28,32-33,44-45H,2-7,10-17,19-21,38H2,1H3. The molecule has 2 amide bonds. The van der Waals surface area contributed by atoms with Crippen molar-refractivity contribution in [2.24, 2.45) is 17.6 Å². The molecule has 2 saturated carbocycles. The molecule has 1 aromatic heterocycles. The maximum absolute atomic E-state index is 14.0. The SMILES string of the molecule is CN(C(=O)N1CCCC1)C1C2CC(c3c2c(O)n(CC2CCCCC2CN2CCC(N4CCc5ccc(F)cc54)CC2)c3O)C1N. The van der Waals surface area contributed by atoms with Gasteiger partial charge >= 0.3 is 6.03 Å². The zero-order valence-corrected chi connectivity index (χ0v) is 27.3. The molecule has 0 radical (unpaired) electrons. The van der Waals surface area contributed by atoms with Gasteiger partial charge in [-0.3, -0.25) is 4.57 Å². The van der Waals surface area contributed by atoms with Gasteiger partial charge in [-0.15, -0.1) is 0 Å². The summed E-state index contributed by atoms with van der Waals surface area (Å²) in [4.78, 5) is 22.1. The summed E-state index contributed by atoms with van der Waals surface area (Å²) in [5.74, 6) is 1.02. The normalized spacial score (nSPS) is 31.1. The number of carbonyl (C=O) groups is 1. The number of nitrogens with two attached hydrogens (primary N) is 1. The summed E-state index contributed by atoms with van der Waals surface area (Å²) in [6.45, 7) is 6.34. The first-order valence-corrected chi connectivity index (χ1v) is 18.0. The maximum atomic E-state index is 14.0. The summed E-state index contributed by atoms with van der Waals surface area (Å²) in [6.07, 6.45) is 10.7. The number of anilines is 1. The van der Waals surface area contributed by atoms with E-state index in [1.807, 2.05) is 22.9 Å². The number of benzene rings is 1. The molecule has 9 nitrogen and oxygen atoms in total. The molecule has 3 aliphatic heterocycles. The van der Waals surface area contributed by atoms with E-state index in [2.05, 4.69) is 9.80 Å². The van der Waals surface area contributed by atoms with Crippen LogP contribution in [-0.2, 0) is 13.0 Å². The molecule has 6 aliphatic rings. The molecule has 2 bridgehead atoms. The second-order valence-corrected chi connectivity index (χ2v) is 15.2. The molecule has 2 saturated heterocycles. The number of carbonyl (C=O) groups excluding carboxylic acids is 1. The van der Waals surface area contributed by atoms with Gasteiger partial charge < -0.3 is 35.5 Å². The summed E-state index contributed by atoms with van der Waals surface area (Å²) in [7, 11) is 1.86. The number of aromatic nitrogens is 1. The van der Waals surface area contributed by atoms with E-state index in [4.69, 9.17) is 5.73 Å². The van der Waals surface area contributed by atoms with E-state index in [-0.39, 0.29) is 47.5 Å². The molecule has 4 heterocycles. The van der Waals surface area contributed by atoms with Gasteiger partial charge in [0.25, 0.3) is 0 Å².